The number of nitrogens with zero attached hydrogens (tertiary/aromatic N) is 3. The van der Waals surface area contributed by atoms with E-state index in [0.717, 1.165) is 16.8 Å². The van der Waals surface area contributed by atoms with Crippen molar-refractivity contribution in [1.29, 1.82) is 0 Å². The number of aryl methyl sites for hydroxylation is 2. The molecule has 0 saturated carbocycles. The molecule has 2 heterocycles. The number of aromatic nitrogens is 3. The monoisotopic (exact) mass is 307 g/mol. The standard InChI is InChI=1S/C18H14ClN3/c1-13-3-4-15(14(2)11-13)5-6-18-21-9-10-22(18)16-7-8-20-17(19)12-16/h3-4,7-12H,1-2H3. The van der Waals surface area contributed by atoms with E-state index < -0.39 is 0 Å². The van der Waals surface area contributed by atoms with Gasteiger partial charge in [0.1, 0.15) is 5.15 Å². The fourth-order valence-electron chi connectivity index (χ4n) is 2.22. The Hall–Kier alpha value is -2.57. The molecule has 0 bridgehead atoms. The minimum Gasteiger partial charge on any atom is -0.293 e. The predicted octanol–water partition coefficient (Wildman–Crippen LogP) is 3.94. The molecule has 0 aliphatic heterocycles. The van der Waals surface area contributed by atoms with Gasteiger partial charge in [-0.25, -0.2) is 9.97 Å². The van der Waals surface area contributed by atoms with Crippen LogP contribution in [0.15, 0.2) is 48.9 Å². The van der Waals surface area contributed by atoms with Crippen LogP contribution in [0.4, 0.5) is 0 Å². The van der Waals surface area contributed by atoms with Crippen molar-refractivity contribution in [1.82, 2.24) is 14.5 Å². The maximum Gasteiger partial charge on any atom is 0.190 e. The molecule has 0 amide bonds. The summed E-state index contributed by atoms with van der Waals surface area (Å²) in [7, 11) is 0. The number of benzene rings is 1. The molecule has 3 rings (SSSR count). The van der Waals surface area contributed by atoms with E-state index >= 15 is 0 Å². The summed E-state index contributed by atoms with van der Waals surface area (Å²) in [5, 5.41) is 0.444. The van der Waals surface area contributed by atoms with Crippen LogP contribution in [-0.4, -0.2) is 14.5 Å². The lowest BCUT2D eigenvalue weighted by Crippen LogP contribution is -1.97. The van der Waals surface area contributed by atoms with Gasteiger partial charge in [-0.2, -0.15) is 0 Å². The summed E-state index contributed by atoms with van der Waals surface area (Å²) in [6.45, 7) is 4.14. The number of pyridine rings is 1. The Morgan fingerprint density at radius 3 is 2.64 bits per heavy atom. The van der Waals surface area contributed by atoms with Gasteiger partial charge in [0.15, 0.2) is 5.82 Å². The Balaban J connectivity index is 1.99. The molecule has 0 atom stereocenters. The molecule has 0 aliphatic rings. The van der Waals surface area contributed by atoms with Crippen LogP contribution in [0.3, 0.4) is 0 Å². The van der Waals surface area contributed by atoms with Gasteiger partial charge in [-0.05, 0) is 43.5 Å². The molecule has 0 saturated heterocycles. The van der Waals surface area contributed by atoms with E-state index in [2.05, 4.69) is 47.8 Å². The van der Waals surface area contributed by atoms with Gasteiger partial charge in [0.25, 0.3) is 0 Å². The van der Waals surface area contributed by atoms with E-state index in [1.807, 2.05) is 22.9 Å². The number of hydrogen-bond donors (Lipinski definition) is 0. The molecule has 0 unspecified atom stereocenters. The molecule has 0 spiro atoms. The van der Waals surface area contributed by atoms with Crippen molar-refractivity contribution in [3.8, 4) is 17.5 Å². The number of halogens is 1. The Kier molecular flexibility index (Phi) is 3.95. The Morgan fingerprint density at radius 2 is 1.86 bits per heavy atom. The smallest absolute Gasteiger partial charge is 0.190 e. The van der Waals surface area contributed by atoms with Crippen LogP contribution in [0.2, 0.25) is 5.15 Å². The minimum absolute atomic E-state index is 0.444. The zero-order chi connectivity index (χ0) is 15.5. The third kappa shape index (κ3) is 3.03. The van der Waals surface area contributed by atoms with Crippen molar-refractivity contribution in [2.45, 2.75) is 13.8 Å². The van der Waals surface area contributed by atoms with Gasteiger partial charge in [-0.3, -0.25) is 4.57 Å². The van der Waals surface area contributed by atoms with Crippen LogP contribution in [0.5, 0.6) is 0 Å². The second kappa shape index (κ2) is 6.05. The summed E-state index contributed by atoms with van der Waals surface area (Å²) < 4.78 is 1.89. The highest BCUT2D eigenvalue weighted by molar-refractivity contribution is 6.29. The molecule has 3 nitrogen and oxygen atoms in total. The SMILES string of the molecule is Cc1ccc(C#Cc2nccn2-c2ccnc(Cl)c2)c(C)c1. The molecule has 22 heavy (non-hydrogen) atoms. The van der Waals surface area contributed by atoms with Crippen molar-refractivity contribution in [3.63, 3.8) is 0 Å². The summed E-state index contributed by atoms with van der Waals surface area (Å²) >= 11 is 5.94. The number of hydrogen-bond acceptors (Lipinski definition) is 2. The molecule has 0 radical (unpaired) electrons. The Bertz CT molecular complexity index is 885. The normalized spacial score (nSPS) is 10.1. The molecular weight excluding hydrogens is 294 g/mol. The predicted molar refractivity (Wildman–Crippen MR) is 88.3 cm³/mol. The number of imidazole rings is 1. The molecule has 108 valence electrons. The third-order valence-electron chi connectivity index (χ3n) is 3.32. The molecular formula is C18H14ClN3. The molecule has 1 aromatic carbocycles. The molecule has 4 heteroatoms. The number of rotatable bonds is 1. The first-order chi connectivity index (χ1) is 10.6. The van der Waals surface area contributed by atoms with E-state index in [1.54, 1.807) is 18.5 Å². The summed E-state index contributed by atoms with van der Waals surface area (Å²) in [5.74, 6) is 6.98. The molecule has 0 fully saturated rings. The van der Waals surface area contributed by atoms with Gasteiger partial charge in [0.2, 0.25) is 0 Å². The van der Waals surface area contributed by atoms with Gasteiger partial charge in [-0.1, -0.05) is 35.2 Å². The summed E-state index contributed by atoms with van der Waals surface area (Å²) in [4.78, 5) is 8.30. The van der Waals surface area contributed by atoms with Crippen molar-refractivity contribution in [2.24, 2.45) is 0 Å². The first-order valence-electron chi connectivity index (χ1n) is 6.88. The summed E-state index contributed by atoms with van der Waals surface area (Å²) in [6.07, 6.45) is 5.25. The first kappa shape index (κ1) is 14.4. The molecule has 0 aliphatic carbocycles. The van der Waals surface area contributed by atoms with E-state index in [0.29, 0.717) is 11.0 Å². The third-order valence-corrected chi connectivity index (χ3v) is 3.53. The lowest BCUT2D eigenvalue weighted by molar-refractivity contribution is 1.02. The van der Waals surface area contributed by atoms with Gasteiger partial charge in [0, 0.05) is 24.2 Å². The van der Waals surface area contributed by atoms with Crippen LogP contribution < -0.4 is 0 Å². The Labute approximate surface area is 134 Å². The quantitative estimate of drug-likeness (QED) is 0.503. The lowest BCUT2D eigenvalue weighted by Gasteiger charge is -2.03. The highest BCUT2D eigenvalue weighted by Crippen LogP contribution is 2.14. The zero-order valence-corrected chi connectivity index (χ0v) is 13.1. The highest BCUT2D eigenvalue weighted by Gasteiger charge is 2.03. The fourth-order valence-corrected chi connectivity index (χ4v) is 2.39. The zero-order valence-electron chi connectivity index (χ0n) is 12.3. The van der Waals surface area contributed by atoms with Crippen LogP contribution in [-0.2, 0) is 0 Å². The van der Waals surface area contributed by atoms with E-state index in [4.69, 9.17) is 11.6 Å². The van der Waals surface area contributed by atoms with Crippen LogP contribution in [0, 0.1) is 25.7 Å². The van der Waals surface area contributed by atoms with E-state index in [9.17, 15) is 0 Å². The fraction of sp³-hybridized carbons (Fsp3) is 0.111. The van der Waals surface area contributed by atoms with Gasteiger partial charge >= 0.3 is 0 Å². The largest absolute Gasteiger partial charge is 0.293 e. The molecule has 2 aromatic heterocycles. The van der Waals surface area contributed by atoms with Crippen molar-refractivity contribution in [3.05, 3.63) is 76.6 Å². The second-order valence-corrected chi connectivity index (χ2v) is 5.41. The first-order valence-corrected chi connectivity index (χ1v) is 7.26. The van der Waals surface area contributed by atoms with Crippen LogP contribution in [0.25, 0.3) is 5.69 Å². The molecule has 0 N–H and O–H groups in total. The van der Waals surface area contributed by atoms with Gasteiger partial charge in [-0.15, -0.1) is 0 Å². The molecule has 3 aromatic rings. The van der Waals surface area contributed by atoms with Gasteiger partial charge < -0.3 is 0 Å². The Morgan fingerprint density at radius 1 is 1.00 bits per heavy atom. The average Bonchev–Trinajstić information content (AvgIpc) is 2.95. The summed E-state index contributed by atoms with van der Waals surface area (Å²) in [6, 6.07) is 9.88. The van der Waals surface area contributed by atoms with E-state index in [1.165, 1.54) is 5.56 Å². The minimum atomic E-state index is 0.444. The van der Waals surface area contributed by atoms with Crippen molar-refractivity contribution in [2.75, 3.05) is 0 Å². The topological polar surface area (TPSA) is 30.7 Å². The maximum atomic E-state index is 5.94. The maximum absolute atomic E-state index is 5.94. The van der Waals surface area contributed by atoms with Crippen LogP contribution >= 0.6 is 11.6 Å². The highest BCUT2D eigenvalue weighted by atomic mass is 35.5. The van der Waals surface area contributed by atoms with Gasteiger partial charge in [0.05, 0.1) is 5.69 Å². The van der Waals surface area contributed by atoms with E-state index in [-0.39, 0.29) is 0 Å². The van der Waals surface area contributed by atoms with Crippen molar-refractivity contribution >= 4 is 11.6 Å². The second-order valence-electron chi connectivity index (χ2n) is 5.03. The summed E-state index contributed by atoms with van der Waals surface area (Å²) in [5.41, 5.74) is 4.30. The van der Waals surface area contributed by atoms with Crippen molar-refractivity contribution < 1.29 is 0 Å². The lowest BCUT2D eigenvalue weighted by atomic mass is 10.1. The van der Waals surface area contributed by atoms with Crippen LogP contribution in [0.1, 0.15) is 22.5 Å². The average molecular weight is 308 g/mol.